The second-order valence-electron chi connectivity index (χ2n) is 3.07. The molecule has 0 saturated carbocycles. The SMILES string of the molecule is COC(=O)CCC(=O)Nc1ccc(=O)[nH]c1. The Bertz CT molecular complexity index is 418. The van der Waals surface area contributed by atoms with Crippen molar-refractivity contribution in [2.24, 2.45) is 0 Å². The summed E-state index contributed by atoms with van der Waals surface area (Å²) in [5.74, 6) is -0.742. The Morgan fingerprint density at radius 1 is 1.38 bits per heavy atom. The summed E-state index contributed by atoms with van der Waals surface area (Å²) in [7, 11) is 1.27. The highest BCUT2D eigenvalue weighted by atomic mass is 16.5. The van der Waals surface area contributed by atoms with Crippen LogP contribution in [-0.4, -0.2) is 24.0 Å². The maximum absolute atomic E-state index is 11.3. The van der Waals surface area contributed by atoms with Crippen LogP contribution in [0.25, 0.3) is 0 Å². The summed E-state index contributed by atoms with van der Waals surface area (Å²) < 4.78 is 4.40. The van der Waals surface area contributed by atoms with Crippen molar-refractivity contribution >= 4 is 17.6 Å². The second kappa shape index (κ2) is 5.69. The first-order valence-corrected chi connectivity index (χ1v) is 4.67. The number of pyridine rings is 1. The van der Waals surface area contributed by atoms with Crippen LogP contribution in [0.3, 0.4) is 0 Å². The van der Waals surface area contributed by atoms with Gasteiger partial charge in [-0.05, 0) is 6.07 Å². The molecule has 0 radical (unpaired) electrons. The van der Waals surface area contributed by atoms with E-state index < -0.39 is 5.97 Å². The van der Waals surface area contributed by atoms with Crippen LogP contribution in [0.4, 0.5) is 5.69 Å². The number of carbonyl (C=O) groups is 2. The number of ether oxygens (including phenoxy) is 1. The molecule has 0 spiro atoms. The number of carbonyl (C=O) groups excluding carboxylic acids is 2. The predicted molar refractivity (Wildman–Crippen MR) is 56.9 cm³/mol. The number of H-pyrrole nitrogens is 1. The average molecular weight is 224 g/mol. The van der Waals surface area contributed by atoms with Crippen LogP contribution < -0.4 is 10.9 Å². The first-order chi connectivity index (χ1) is 7.61. The fourth-order valence-corrected chi connectivity index (χ4v) is 1.03. The number of aromatic amines is 1. The zero-order chi connectivity index (χ0) is 12.0. The molecule has 1 aromatic rings. The van der Waals surface area contributed by atoms with Crippen molar-refractivity contribution in [3.8, 4) is 0 Å². The Morgan fingerprint density at radius 3 is 2.69 bits per heavy atom. The van der Waals surface area contributed by atoms with Crippen LogP contribution in [0.15, 0.2) is 23.1 Å². The highest BCUT2D eigenvalue weighted by Crippen LogP contribution is 2.02. The van der Waals surface area contributed by atoms with Gasteiger partial charge in [-0.15, -0.1) is 0 Å². The van der Waals surface area contributed by atoms with Crippen molar-refractivity contribution in [1.82, 2.24) is 4.98 Å². The van der Waals surface area contributed by atoms with Crippen LogP contribution in [0.5, 0.6) is 0 Å². The lowest BCUT2D eigenvalue weighted by Crippen LogP contribution is -2.15. The van der Waals surface area contributed by atoms with E-state index in [0.29, 0.717) is 5.69 Å². The van der Waals surface area contributed by atoms with E-state index in [1.54, 1.807) is 0 Å². The van der Waals surface area contributed by atoms with Crippen LogP contribution in [0, 0.1) is 0 Å². The van der Waals surface area contributed by atoms with Gasteiger partial charge in [0.25, 0.3) is 0 Å². The van der Waals surface area contributed by atoms with Gasteiger partial charge < -0.3 is 15.0 Å². The maximum atomic E-state index is 11.3. The maximum Gasteiger partial charge on any atom is 0.306 e. The van der Waals surface area contributed by atoms with Gasteiger partial charge >= 0.3 is 5.97 Å². The molecule has 0 aliphatic rings. The Morgan fingerprint density at radius 2 is 2.12 bits per heavy atom. The average Bonchev–Trinajstić information content (AvgIpc) is 2.29. The van der Waals surface area contributed by atoms with Crippen molar-refractivity contribution in [3.05, 3.63) is 28.7 Å². The number of esters is 1. The van der Waals surface area contributed by atoms with E-state index in [9.17, 15) is 14.4 Å². The molecule has 2 N–H and O–H groups in total. The smallest absolute Gasteiger partial charge is 0.306 e. The van der Waals surface area contributed by atoms with Gasteiger partial charge in [0, 0.05) is 18.7 Å². The fraction of sp³-hybridized carbons (Fsp3) is 0.300. The second-order valence-corrected chi connectivity index (χ2v) is 3.07. The van der Waals surface area contributed by atoms with Crippen LogP contribution in [-0.2, 0) is 14.3 Å². The summed E-state index contributed by atoms with van der Waals surface area (Å²) in [6, 6.07) is 2.78. The van der Waals surface area contributed by atoms with Gasteiger partial charge in [0.05, 0.1) is 19.2 Å². The number of anilines is 1. The lowest BCUT2D eigenvalue weighted by molar-refractivity contribution is -0.141. The molecule has 0 saturated heterocycles. The molecule has 0 aromatic carbocycles. The van der Waals surface area contributed by atoms with Crippen LogP contribution in [0.2, 0.25) is 0 Å². The van der Waals surface area contributed by atoms with Gasteiger partial charge in [-0.2, -0.15) is 0 Å². The van der Waals surface area contributed by atoms with Gasteiger partial charge in [-0.3, -0.25) is 14.4 Å². The lowest BCUT2D eigenvalue weighted by atomic mass is 10.3. The summed E-state index contributed by atoms with van der Waals surface area (Å²) in [5, 5.41) is 2.53. The monoisotopic (exact) mass is 224 g/mol. The Hall–Kier alpha value is -2.11. The first kappa shape index (κ1) is 12.0. The number of hydrogen-bond acceptors (Lipinski definition) is 4. The third-order valence-corrected chi connectivity index (χ3v) is 1.85. The van der Waals surface area contributed by atoms with Crippen LogP contribution in [0.1, 0.15) is 12.8 Å². The molecular weight excluding hydrogens is 212 g/mol. The molecule has 1 heterocycles. The van der Waals surface area contributed by atoms with E-state index in [0.717, 1.165) is 0 Å². The van der Waals surface area contributed by atoms with E-state index in [1.165, 1.54) is 25.4 Å². The minimum Gasteiger partial charge on any atom is -0.469 e. The molecule has 1 amide bonds. The molecule has 0 unspecified atom stereocenters. The number of nitrogens with one attached hydrogen (secondary N) is 2. The number of rotatable bonds is 4. The van der Waals surface area contributed by atoms with E-state index >= 15 is 0 Å². The Labute approximate surface area is 91.6 Å². The fourth-order valence-electron chi connectivity index (χ4n) is 1.03. The molecule has 16 heavy (non-hydrogen) atoms. The molecule has 0 bridgehead atoms. The van der Waals surface area contributed by atoms with Crippen molar-refractivity contribution in [3.63, 3.8) is 0 Å². The predicted octanol–water partition coefficient (Wildman–Crippen LogP) is 0.267. The van der Waals surface area contributed by atoms with Crippen molar-refractivity contribution in [2.45, 2.75) is 12.8 Å². The molecule has 1 rings (SSSR count). The molecule has 0 atom stereocenters. The van der Waals surface area contributed by atoms with E-state index in [4.69, 9.17) is 0 Å². The van der Waals surface area contributed by atoms with Crippen molar-refractivity contribution in [1.29, 1.82) is 0 Å². The first-order valence-electron chi connectivity index (χ1n) is 4.67. The summed E-state index contributed by atoms with van der Waals surface area (Å²) in [4.78, 5) is 35.2. The van der Waals surface area contributed by atoms with Gasteiger partial charge in [-0.25, -0.2) is 0 Å². The Balaban J connectivity index is 2.42. The van der Waals surface area contributed by atoms with Gasteiger partial charge in [0.1, 0.15) is 0 Å². The zero-order valence-electron chi connectivity index (χ0n) is 8.78. The number of hydrogen-bond donors (Lipinski definition) is 2. The summed E-state index contributed by atoms with van der Waals surface area (Å²) in [6.07, 6.45) is 1.47. The third kappa shape index (κ3) is 3.95. The zero-order valence-corrected chi connectivity index (χ0v) is 8.78. The molecule has 0 aliphatic carbocycles. The van der Waals surface area contributed by atoms with Gasteiger partial charge in [0.2, 0.25) is 11.5 Å². The highest BCUT2D eigenvalue weighted by molar-refractivity contribution is 5.92. The quantitative estimate of drug-likeness (QED) is 0.718. The Kier molecular flexibility index (Phi) is 4.26. The minimum absolute atomic E-state index is 0.0334. The molecule has 86 valence electrons. The standard InChI is InChI=1S/C10H12N2O4/c1-16-10(15)5-4-9(14)12-7-2-3-8(13)11-6-7/h2-3,6H,4-5H2,1H3,(H,11,13)(H,12,14). The molecule has 1 aromatic heterocycles. The minimum atomic E-state index is -0.434. The summed E-state index contributed by atoms with van der Waals surface area (Å²) in [6.45, 7) is 0. The van der Waals surface area contributed by atoms with Crippen molar-refractivity contribution in [2.75, 3.05) is 12.4 Å². The lowest BCUT2D eigenvalue weighted by Gasteiger charge is -2.03. The number of amides is 1. The molecule has 0 aliphatic heterocycles. The van der Waals surface area contributed by atoms with Crippen LogP contribution >= 0.6 is 0 Å². The van der Waals surface area contributed by atoms with Gasteiger partial charge in [0.15, 0.2) is 0 Å². The molecule has 6 nitrogen and oxygen atoms in total. The van der Waals surface area contributed by atoms with E-state index in [1.807, 2.05) is 0 Å². The largest absolute Gasteiger partial charge is 0.469 e. The topological polar surface area (TPSA) is 88.3 Å². The number of aromatic nitrogens is 1. The summed E-state index contributed by atoms with van der Waals surface area (Å²) >= 11 is 0. The van der Waals surface area contributed by atoms with E-state index in [-0.39, 0.29) is 24.3 Å². The molecule has 6 heteroatoms. The molecular formula is C10H12N2O4. The van der Waals surface area contributed by atoms with Gasteiger partial charge in [-0.1, -0.05) is 0 Å². The normalized spacial score (nSPS) is 9.56. The molecule has 0 fully saturated rings. The number of methoxy groups -OCH3 is 1. The third-order valence-electron chi connectivity index (χ3n) is 1.85. The summed E-state index contributed by atoms with van der Waals surface area (Å²) in [5.41, 5.74) is 0.238. The highest BCUT2D eigenvalue weighted by Gasteiger charge is 2.06. The van der Waals surface area contributed by atoms with Crippen molar-refractivity contribution < 1.29 is 14.3 Å². The van der Waals surface area contributed by atoms with E-state index in [2.05, 4.69) is 15.0 Å².